The molecule has 3 heterocycles. The number of rotatable bonds is 7. The van der Waals surface area contributed by atoms with Gasteiger partial charge in [0.1, 0.15) is 11.9 Å². The fraction of sp³-hybridized carbons (Fsp3) is 0.367. The molecule has 3 amide bonds. The van der Waals surface area contributed by atoms with Crippen LogP contribution in [0, 0.1) is 5.82 Å². The first-order chi connectivity index (χ1) is 19.0. The Labute approximate surface area is 232 Å². The van der Waals surface area contributed by atoms with Gasteiger partial charge in [-0.2, -0.15) is 0 Å². The van der Waals surface area contributed by atoms with Crippen molar-refractivity contribution in [2.75, 3.05) is 39.3 Å². The van der Waals surface area contributed by atoms with Crippen molar-refractivity contribution in [3.8, 4) is 0 Å². The molecule has 2 fully saturated rings. The molecule has 1 aromatic heterocycles. The predicted octanol–water partition coefficient (Wildman–Crippen LogP) is 3.68. The molecule has 0 spiro atoms. The van der Waals surface area contributed by atoms with E-state index in [1.165, 1.54) is 35.6 Å². The maximum atomic E-state index is 13.8. The summed E-state index contributed by atoms with van der Waals surface area (Å²) in [5.41, 5.74) is 1.44. The third-order valence-corrected chi connectivity index (χ3v) is 8.34. The van der Waals surface area contributed by atoms with Crippen LogP contribution in [-0.4, -0.2) is 83.8 Å². The van der Waals surface area contributed by atoms with Gasteiger partial charge in [-0.3, -0.25) is 14.4 Å². The Morgan fingerprint density at radius 3 is 2.51 bits per heavy atom. The number of likely N-dealkylation sites (tertiary alicyclic amines) is 1. The van der Waals surface area contributed by atoms with E-state index in [2.05, 4.69) is 5.32 Å². The fourth-order valence-corrected chi connectivity index (χ4v) is 6.10. The Bertz CT molecular complexity index is 1260. The highest BCUT2D eigenvalue weighted by Gasteiger charge is 2.44. The molecule has 0 bridgehead atoms. The van der Waals surface area contributed by atoms with Gasteiger partial charge in [-0.15, -0.1) is 11.3 Å². The second-order valence-corrected chi connectivity index (χ2v) is 11.0. The first-order valence-electron chi connectivity index (χ1n) is 13.5. The summed E-state index contributed by atoms with van der Waals surface area (Å²) in [6, 6.07) is 18.0. The molecule has 1 N–H and O–H groups in total. The summed E-state index contributed by atoms with van der Waals surface area (Å²) in [7, 11) is 0. The van der Waals surface area contributed by atoms with Crippen molar-refractivity contribution in [1.29, 1.82) is 0 Å². The standard InChI is InChI=1S/C30H33FN4O3S/c31-24-11-9-23(10-12-24)28(36)35-21-25(20-26(35)29(37)33-16-5-14-32-15-18-33)34(30(38)27-8-4-19-39-27)17-13-22-6-2-1-3-7-22/h1-4,6-12,19,25-26,32H,5,13-18,20-21H2. The number of hydrogen-bond acceptors (Lipinski definition) is 5. The van der Waals surface area contributed by atoms with E-state index in [1.807, 2.05) is 57.6 Å². The first-order valence-corrected chi connectivity index (χ1v) is 14.3. The molecule has 0 radical (unpaired) electrons. The van der Waals surface area contributed by atoms with Crippen LogP contribution in [0.3, 0.4) is 0 Å². The molecule has 2 aliphatic rings. The van der Waals surface area contributed by atoms with E-state index in [1.54, 1.807) is 4.90 Å². The largest absolute Gasteiger partial charge is 0.340 e. The van der Waals surface area contributed by atoms with Crippen molar-refractivity contribution in [2.24, 2.45) is 0 Å². The van der Waals surface area contributed by atoms with Gasteiger partial charge < -0.3 is 20.0 Å². The summed E-state index contributed by atoms with van der Waals surface area (Å²) in [6.07, 6.45) is 1.87. The van der Waals surface area contributed by atoms with Crippen LogP contribution < -0.4 is 5.32 Å². The highest BCUT2D eigenvalue weighted by molar-refractivity contribution is 7.12. The summed E-state index contributed by atoms with van der Waals surface area (Å²) >= 11 is 1.39. The fourth-order valence-electron chi connectivity index (χ4n) is 5.42. The van der Waals surface area contributed by atoms with E-state index in [-0.39, 0.29) is 30.3 Å². The number of nitrogens with one attached hydrogen (secondary N) is 1. The van der Waals surface area contributed by atoms with Crippen LogP contribution in [0.15, 0.2) is 72.1 Å². The summed E-state index contributed by atoms with van der Waals surface area (Å²) in [4.78, 5) is 47.1. The second kappa shape index (κ2) is 12.5. The molecule has 204 valence electrons. The summed E-state index contributed by atoms with van der Waals surface area (Å²) in [5, 5.41) is 5.19. The molecule has 0 saturated carbocycles. The number of carbonyl (C=O) groups is 3. The molecule has 7 nitrogen and oxygen atoms in total. The topological polar surface area (TPSA) is 73.0 Å². The van der Waals surface area contributed by atoms with Crippen LogP contribution in [0.1, 0.15) is 38.4 Å². The quantitative estimate of drug-likeness (QED) is 0.489. The Hall–Kier alpha value is -3.56. The minimum Gasteiger partial charge on any atom is -0.340 e. The number of halogens is 1. The summed E-state index contributed by atoms with van der Waals surface area (Å²) < 4.78 is 13.6. The maximum absolute atomic E-state index is 13.8. The van der Waals surface area contributed by atoms with E-state index < -0.39 is 11.9 Å². The number of hydrogen-bond donors (Lipinski definition) is 1. The Kier molecular flexibility index (Phi) is 8.68. The van der Waals surface area contributed by atoms with Gasteiger partial charge in [-0.05, 0) is 67.1 Å². The van der Waals surface area contributed by atoms with Gasteiger partial charge in [-0.1, -0.05) is 36.4 Å². The summed E-state index contributed by atoms with van der Waals surface area (Å²) in [6.45, 7) is 3.46. The zero-order valence-corrected chi connectivity index (χ0v) is 22.6. The second-order valence-electron chi connectivity index (χ2n) is 10.0. The van der Waals surface area contributed by atoms with E-state index in [4.69, 9.17) is 0 Å². The van der Waals surface area contributed by atoms with Crippen LogP contribution in [0.4, 0.5) is 4.39 Å². The van der Waals surface area contributed by atoms with Gasteiger partial charge in [0, 0.05) is 38.3 Å². The lowest BCUT2D eigenvalue weighted by Crippen LogP contribution is -2.48. The number of carbonyl (C=O) groups excluding carboxylic acids is 3. The minimum atomic E-state index is -0.694. The zero-order valence-electron chi connectivity index (χ0n) is 21.8. The maximum Gasteiger partial charge on any atom is 0.264 e. The lowest BCUT2D eigenvalue weighted by molar-refractivity contribution is -0.135. The molecule has 2 saturated heterocycles. The van der Waals surface area contributed by atoms with Crippen LogP contribution in [0.25, 0.3) is 0 Å². The highest BCUT2D eigenvalue weighted by atomic mass is 32.1. The molecular weight excluding hydrogens is 515 g/mol. The molecule has 9 heteroatoms. The average molecular weight is 549 g/mol. The molecule has 2 aliphatic heterocycles. The number of thiophene rings is 1. The molecular formula is C30H33FN4O3S. The van der Waals surface area contributed by atoms with Gasteiger partial charge in [0.2, 0.25) is 5.91 Å². The van der Waals surface area contributed by atoms with Crippen LogP contribution in [0.5, 0.6) is 0 Å². The lowest BCUT2D eigenvalue weighted by Gasteiger charge is -2.29. The van der Waals surface area contributed by atoms with Crippen LogP contribution in [-0.2, 0) is 11.2 Å². The van der Waals surface area contributed by atoms with Gasteiger partial charge >= 0.3 is 0 Å². The Morgan fingerprint density at radius 1 is 0.974 bits per heavy atom. The van der Waals surface area contributed by atoms with E-state index in [0.29, 0.717) is 49.5 Å². The van der Waals surface area contributed by atoms with Crippen molar-refractivity contribution in [1.82, 2.24) is 20.0 Å². The van der Waals surface area contributed by atoms with Crippen molar-refractivity contribution < 1.29 is 18.8 Å². The summed E-state index contributed by atoms with van der Waals surface area (Å²) in [5.74, 6) is -0.935. The number of nitrogens with zero attached hydrogens (tertiary/aromatic N) is 3. The number of benzene rings is 2. The molecule has 2 aromatic carbocycles. The zero-order chi connectivity index (χ0) is 27.2. The monoisotopic (exact) mass is 548 g/mol. The normalized spacial score (nSPS) is 19.5. The molecule has 3 aromatic rings. The first kappa shape index (κ1) is 27.0. The van der Waals surface area contributed by atoms with E-state index in [0.717, 1.165) is 18.5 Å². The molecule has 0 aliphatic carbocycles. The Morgan fingerprint density at radius 2 is 1.77 bits per heavy atom. The van der Waals surface area contributed by atoms with Crippen molar-refractivity contribution >= 4 is 29.1 Å². The minimum absolute atomic E-state index is 0.0906. The average Bonchev–Trinajstić information content (AvgIpc) is 3.58. The van der Waals surface area contributed by atoms with Crippen LogP contribution in [0.2, 0.25) is 0 Å². The number of amides is 3. The van der Waals surface area contributed by atoms with Gasteiger partial charge in [0.25, 0.3) is 11.8 Å². The van der Waals surface area contributed by atoms with E-state index in [9.17, 15) is 18.8 Å². The van der Waals surface area contributed by atoms with E-state index >= 15 is 0 Å². The molecule has 2 unspecified atom stereocenters. The highest BCUT2D eigenvalue weighted by Crippen LogP contribution is 2.28. The van der Waals surface area contributed by atoms with Crippen molar-refractivity contribution in [2.45, 2.75) is 31.3 Å². The van der Waals surface area contributed by atoms with Gasteiger partial charge in [0.05, 0.1) is 10.9 Å². The third-order valence-electron chi connectivity index (χ3n) is 7.49. The SMILES string of the molecule is O=C(C1CC(N(CCc2ccccc2)C(=O)c2cccs2)CN1C(=O)c1ccc(F)cc1)N1CCCNCC1. The molecule has 5 rings (SSSR count). The lowest BCUT2D eigenvalue weighted by atomic mass is 10.1. The van der Waals surface area contributed by atoms with Crippen LogP contribution >= 0.6 is 11.3 Å². The van der Waals surface area contributed by atoms with Gasteiger partial charge in [-0.25, -0.2) is 4.39 Å². The van der Waals surface area contributed by atoms with Crippen molar-refractivity contribution in [3.63, 3.8) is 0 Å². The van der Waals surface area contributed by atoms with Gasteiger partial charge in [0.15, 0.2) is 0 Å². The smallest absolute Gasteiger partial charge is 0.264 e. The van der Waals surface area contributed by atoms with Crippen molar-refractivity contribution in [3.05, 3.63) is 93.9 Å². The molecule has 2 atom stereocenters. The Balaban J connectivity index is 1.43. The third kappa shape index (κ3) is 6.37. The predicted molar refractivity (Wildman–Crippen MR) is 149 cm³/mol. The molecule has 39 heavy (non-hydrogen) atoms.